The molecule has 94 valence electrons. The molecule has 0 atom stereocenters. The molecule has 2 heterocycles. The number of hydrogen-bond acceptors (Lipinski definition) is 5. The number of aromatic nitrogens is 1. The van der Waals surface area contributed by atoms with Crippen LogP contribution < -0.4 is 4.74 Å². The predicted octanol–water partition coefficient (Wildman–Crippen LogP) is 3.53. The summed E-state index contributed by atoms with van der Waals surface area (Å²) in [5, 5.41) is 11.5. The van der Waals surface area contributed by atoms with Gasteiger partial charge in [-0.3, -0.25) is 10.1 Å². The molecule has 0 radical (unpaired) electrons. The van der Waals surface area contributed by atoms with Gasteiger partial charge in [0.25, 0.3) is 5.95 Å². The van der Waals surface area contributed by atoms with Crippen molar-refractivity contribution in [3.63, 3.8) is 0 Å². The fraction of sp³-hybridized carbons (Fsp3) is 0. The molecule has 0 aliphatic heterocycles. The summed E-state index contributed by atoms with van der Waals surface area (Å²) < 4.78 is 10.2. The number of rotatable bonds is 3. The molecule has 2 aromatic heterocycles. The maximum atomic E-state index is 10.5. The molecular formula is C13H8N2O4. The van der Waals surface area contributed by atoms with Crippen molar-refractivity contribution in [3.8, 4) is 11.8 Å². The molecule has 6 nitrogen and oxygen atoms in total. The van der Waals surface area contributed by atoms with E-state index in [0.29, 0.717) is 5.88 Å². The third-order valence-corrected chi connectivity index (χ3v) is 2.53. The van der Waals surface area contributed by atoms with Gasteiger partial charge in [-0.25, -0.2) is 4.98 Å². The van der Waals surface area contributed by atoms with Crippen LogP contribution in [0.4, 0.5) is 5.88 Å². The van der Waals surface area contributed by atoms with E-state index >= 15 is 0 Å². The summed E-state index contributed by atoms with van der Waals surface area (Å²) in [5.74, 6) is -0.00628. The van der Waals surface area contributed by atoms with Crippen LogP contribution in [0.5, 0.6) is 11.8 Å². The second kappa shape index (κ2) is 4.41. The lowest BCUT2D eigenvalue weighted by Gasteiger charge is -2.02. The minimum absolute atomic E-state index is 0.0366. The van der Waals surface area contributed by atoms with Gasteiger partial charge in [-0.05, 0) is 12.1 Å². The zero-order chi connectivity index (χ0) is 13.2. The van der Waals surface area contributed by atoms with Gasteiger partial charge in [-0.15, -0.1) is 0 Å². The van der Waals surface area contributed by atoms with Crippen LogP contribution in [0.1, 0.15) is 0 Å². The van der Waals surface area contributed by atoms with Crippen LogP contribution in [0.25, 0.3) is 10.9 Å². The standard InChI is InChI=1S/C13H8N2O4/c16-15(17)12-7-8-13(19-12)18-11-6-5-9-3-1-2-4-10(9)14-11/h1-8H. The van der Waals surface area contributed by atoms with E-state index in [9.17, 15) is 10.1 Å². The molecule has 3 rings (SSSR count). The van der Waals surface area contributed by atoms with Crippen LogP contribution in [-0.4, -0.2) is 9.91 Å². The smallest absolute Gasteiger partial charge is 0.407 e. The Labute approximate surface area is 107 Å². The number of nitro groups is 1. The van der Waals surface area contributed by atoms with Gasteiger partial charge in [0.1, 0.15) is 4.92 Å². The Kier molecular flexibility index (Phi) is 2.60. The second-order valence-corrected chi connectivity index (χ2v) is 3.79. The van der Waals surface area contributed by atoms with Crippen molar-refractivity contribution in [3.05, 3.63) is 58.6 Å². The molecule has 6 heteroatoms. The predicted molar refractivity (Wildman–Crippen MR) is 67.2 cm³/mol. The highest BCUT2D eigenvalue weighted by Crippen LogP contribution is 2.27. The first-order chi connectivity index (χ1) is 9.22. The zero-order valence-corrected chi connectivity index (χ0v) is 9.65. The maximum absolute atomic E-state index is 10.5. The van der Waals surface area contributed by atoms with Crippen molar-refractivity contribution in [1.82, 2.24) is 4.98 Å². The molecule has 0 aliphatic carbocycles. The SMILES string of the molecule is O=[N+]([O-])c1ccc(Oc2ccc3ccccc3n2)o1. The monoisotopic (exact) mass is 256 g/mol. The second-order valence-electron chi connectivity index (χ2n) is 3.79. The van der Waals surface area contributed by atoms with Crippen molar-refractivity contribution in [2.75, 3.05) is 0 Å². The van der Waals surface area contributed by atoms with E-state index in [-0.39, 0.29) is 11.8 Å². The molecule has 0 fully saturated rings. The molecule has 0 amide bonds. The number of ether oxygens (including phenoxy) is 1. The fourth-order valence-electron chi connectivity index (χ4n) is 1.67. The molecular weight excluding hydrogens is 248 g/mol. The van der Waals surface area contributed by atoms with Gasteiger partial charge in [0.2, 0.25) is 5.88 Å². The van der Waals surface area contributed by atoms with Gasteiger partial charge >= 0.3 is 5.88 Å². The van der Waals surface area contributed by atoms with Crippen molar-refractivity contribution >= 4 is 16.8 Å². The van der Waals surface area contributed by atoms with Gasteiger partial charge in [0, 0.05) is 17.5 Å². The lowest BCUT2D eigenvalue weighted by Crippen LogP contribution is -1.87. The van der Waals surface area contributed by atoms with E-state index in [1.54, 1.807) is 6.07 Å². The minimum atomic E-state index is -0.624. The Morgan fingerprint density at radius 2 is 1.95 bits per heavy atom. The molecule has 0 aliphatic rings. The van der Waals surface area contributed by atoms with E-state index in [1.807, 2.05) is 30.3 Å². The van der Waals surface area contributed by atoms with Crippen molar-refractivity contribution in [2.45, 2.75) is 0 Å². The highest BCUT2D eigenvalue weighted by molar-refractivity contribution is 5.78. The van der Waals surface area contributed by atoms with E-state index in [2.05, 4.69) is 4.98 Å². The van der Waals surface area contributed by atoms with E-state index in [4.69, 9.17) is 9.15 Å². The summed E-state index contributed by atoms with van der Waals surface area (Å²) in [7, 11) is 0. The Balaban J connectivity index is 1.89. The van der Waals surface area contributed by atoms with Gasteiger partial charge in [0.05, 0.1) is 11.6 Å². The molecule has 0 saturated heterocycles. The average Bonchev–Trinajstić information content (AvgIpc) is 2.87. The average molecular weight is 256 g/mol. The summed E-state index contributed by atoms with van der Waals surface area (Å²) >= 11 is 0. The van der Waals surface area contributed by atoms with Crippen molar-refractivity contribution in [1.29, 1.82) is 0 Å². The van der Waals surface area contributed by atoms with Crippen molar-refractivity contribution < 1.29 is 14.1 Å². The maximum Gasteiger partial charge on any atom is 0.436 e. The van der Waals surface area contributed by atoms with Crippen LogP contribution in [0, 0.1) is 10.1 Å². The first-order valence-electron chi connectivity index (χ1n) is 5.50. The van der Waals surface area contributed by atoms with Crippen LogP contribution in [0.15, 0.2) is 52.9 Å². The topological polar surface area (TPSA) is 78.4 Å². The molecule has 1 aromatic carbocycles. The lowest BCUT2D eigenvalue weighted by atomic mass is 10.2. The highest BCUT2D eigenvalue weighted by Gasteiger charge is 2.13. The number of nitrogens with zero attached hydrogens (tertiary/aromatic N) is 2. The number of furan rings is 1. The highest BCUT2D eigenvalue weighted by atomic mass is 16.7. The number of hydrogen-bond donors (Lipinski definition) is 0. The fourth-order valence-corrected chi connectivity index (χ4v) is 1.67. The molecule has 19 heavy (non-hydrogen) atoms. The Morgan fingerprint density at radius 3 is 2.74 bits per heavy atom. The number of fused-ring (bicyclic) bond motifs is 1. The Bertz CT molecular complexity index is 751. The van der Waals surface area contributed by atoms with Crippen molar-refractivity contribution in [2.24, 2.45) is 0 Å². The summed E-state index contributed by atoms with van der Waals surface area (Å²) in [6.45, 7) is 0. The van der Waals surface area contributed by atoms with Gasteiger partial charge < -0.3 is 9.15 Å². The number of para-hydroxylation sites is 1. The first-order valence-corrected chi connectivity index (χ1v) is 5.50. The molecule has 0 unspecified atom stereocenters. The first kappa shape index (κ1) is 11.2. The summed E-state index contributed by atoms with van der Waals surface area (Å²) in [4.78, 5) is 14.1. The van der Waals surface area contributed by atoms with Crippen LogP contribution in [-0.2, 0) is 0 Å². The van der Waals surface area contributed by atoms with Gasteiger partial charge in [0.15, 0.2) is 0 Å². The van der Waals surface area contributed by atoms with Crippen LogP contribution >= 0.6 is 0 Å². The summed E-state index contributed by atoms with van der Waals surface area (Å²) in [6, 6.07) is 13.7. The molecule has 0 bridgehead atoms. The zero-order valence-electron chi connectivity index (χ0n) is 9.65. The van der Waals surface area contributed by atoms with Gasteiger partial charge in [-0.2, -0.15) is 0 Å². The largest absolute Gasteiger partial charge is 0.436 e. The Morgan fingerprint density at radius 1 is 1.11 bits per heavy atom. The number of benzene rings is 1. The normalized spacial score (nSPS) is 10.5. The molecule has 3 aromatic rings. The van der Waals surface area contributed by atoms with E-state index in [0.717, 1.165) is 10.9 Å². The molecule has 0 spiro atoms. The quantitative estimate of drug-likeness (QED) is 0.529. The number of pyridine rings is 1. The third-order valence-electron chi connectivity index (χ3n) is 2.53. The third kappa shape index (κ3) is 2.23. The van der Waals surface area contributed by atoms with E-state index in [1.165, 1.54) is 12.1 Å². The van der Waals surface area contributed by atoms with Crippen LogP contribution in [0.3, 0.4) is 0 Å². The van der Waals surface area contributed by atoms with E-state index < -0.39 is 4.92 Å². The summed E-state index contributed by atoms with van der Waals surface area (Å²) in [5.41, 5.74) is 0.779. The minimum Gasteiger partial charge on any atom is -0.407 e. The lowest BCUT2D eigenvalue weighted by molar-refractivity contribution is -0.402. The Hall–Kier alpha value is -2.89. The van der Waals surface area contributed by atoms with Gasteiger partial charge in [-0.1, -0.05) is 18.2 Å². The summed E-state index contributed by atoms with van der Waals surface area (Å²) in [6.07, 6.45) is 0. The molecule has 0 N–H and O–H groups in total. The molecule has 0 saturated carbocycles. The van der Waals surface area contributed by atoms with Crippen LogP contribution in [0.2, 0.25) is 0 Å².